The van der Waals surface area contributed by atoms with Gasteiger partial charge in [-0.1, -0.05) is 50.2 Å². The van der Waals surface area contributed by atoms with Gasteiger partial charge in [0.25, 0.3) is 5.91 Å². The van der Waals surface area contributed by atoms with E-state index in [1.165, 1.54) is 10.6 Å². The number of rotatable bonds is 8. The summed E-state index contributed by atoms with van der Waals surface area (Å²) in [6, 6.07) is 14.8. The number of hydrogen-bond donors (Lipinski definition) is 1. The van der Waals surface area contributed by atoms with Crippen molar-refractivity contribution in [1.29, 1.82) is 0 Å². The van der Waals surface area contributed by atoms with Crippen LogP contribution in [0.15, 0.2) is 48.5 Å². The molecule has 26 heavy (non-hydrogen) atoms. The molecule has 1 amide bonds. The fraction of sp³-hybridized carbons (Fsp3) is 0.350. The fourth-order valence-corrected chi connectivity index (χ4v) is 3.93. The van der Waals surface area contributed by atoms with Gasteiger partial charge in [0.15, 0.2) is 0 Å². The van der Waals surface area contributed by atoms with Crippen LogP contribution >= 0.6 is 0 Å². The molecule has 0 unspecified atom stereocenters. The summed E-state index contributed by atoms with van der Waals surface area (Å²) in [5.41, 5.74) is 3.28. The summed E-state index contributed by atoms with van der Waals surface area (Å²) in [7, 11) is -3.46. The molecule has 0 saturated heterocycles. The molecule has 0 saturated carbocycles. The van der Waals surface area contributed by atoms with Crippen LogP contribution in [0.1, 0.15) is 35.3 Å². The normalized spacial score (nSPS) is 11.2. The van der Waals surface area contributed by atoms with Gasteiger partial charge in [0.05, 0.1) is 18.5 Å². The first-order valence-electron chi connectivity index (χ1n) is 8.80. The fourth-order valence-electron chi connectivity index (χ4n) is 2.94. The largest absolute Gasteiger partial charge is 0.350 e. The average Bonchev–Trinajstić information content (AvgIpc) is 2.64. The number of carbonyl (C=O) groups excluding carboxylic acids is 1. The Labute approximate surface area is 156 Å². The minimum absolute atomic E-state index is 0.196. The lowest BCUT2D eigenvalue weighted by molar-refractivity contribution is 0.0955. The SMILES string of the molecule is CCc1cccc(CC)c1N(CCNC(=O)c1ccccc1)S(C)(=O)=O. The minimum atomic E-state index is -3.46. The maximum Gasteiger partial charge on any atom is 0.251 e. The molecular formula is C20H26N2O3S. The monoisotopic (exact) mass is 374 g/mol. The number of carbonyl (C=O) groups is 1. The van der Waals surface area contributed by atoms with Crippen molar-refractivity contribution in [3.05, 3.63) is 65.2 Å². The van der Waals surface area contributed by atoms with Gasteiger partial charge < -0.3 is 5.32 Å². The van der Waals surface area contributed by atoms with E-state index in [1.54, 1.807) is 24.3 Å². The van der Waals surface area contributed by atoms with E-state index < -0.39 is 10.0 Å². The summed E-state index contributed by atoms with van der Waals surface area (Å²) < 4.78 is 26.3. The maximum absolute atomic E-state index is 12.4. The number of para-hydroxylation sites is 1. The third kappa shape index (κ3) is 4.85. The van der Waals surface area contributed by atoms with Crippen molar-refractivity contribution in [1.82, 2.24) is 5.32 Å². The Bertz CT molecular complexity index is 826. The second kappa shape index (κ2) is 8.85. The van der Waals surface area contributed by atoms with Crippen LogP contribution in [0, 0.1) is 0 Å². The van der Waals surface area contributed by atoms with E-state index in [0.717, 1.165) is 29.7 Å². The van der Waals surface area contributed by atoms with Crippen molar-refractivity contribution >= 4 is 21.6 Å². The van der Waals surface area contributed by atoms with Crippen molar-refractivity contribution in [2.24, 2.45) is 0 Å². The molecule has 0 atom stereocenters. The summed E-state index contributed by atoms with van der Waals surface area (Å²) in [5, 5.41) is 2.80. The van der Waals surface area contributed by atoms with E-state index in [-0.39, 0.29) is 19.0 Å². The average molecular weight is 375 g/mol. The molecule has 0 spiro atoms. The van der Waals surface area contributed by atoms with E-state index >= 15 is 0 Å². The van der Waals surface area contributed by atoms with Gasteiger partial charge in [0.2, 0.25) is 10.0 Å². The van der Waals surface area contributed by atoms with Crippen molar-refractivity contribution in [3.63, 3.8) is 0 Å². The smallest absolute Gasteiger partial charge is 0.251 e. The van der Waals surface area contributed by atoms with Gasteiger partial charge in [-0.3, -0.25) is 9.10 Å². The van der Waals surface area contributed by atoms with Gasteiger partial charge in [-0.2, -0.15) is 0 Å². The number of hydrogen-bond acceptors (Lipinski definition) is 3. The van der Waals surface area contributed by atoms with Crippen molar-refractivity contribution in [3.8, 4) is 0 Å². The number of nitrogens with zero attached hydrogens (tertiary/aromatic N) is 1. The molecule has 0 heterocycles. The second-order valence-corrected chi connectivity index (χ2v) is 8.00. The number of nitrogens with one attached hydrogen (secondary N) is 1. The maximum atomic E-state index is 12.4. The third-order valence-corrected chi connectivity index (χ3v) is 5.42. The zero-order valence-corrected chi connectivity index (χ0v) is 16.3. The summed E-state index contributed by atoms with van der Waals surface area (Å²) in [6.45, 7) is 4.45. The second-order valence-electron chi connectivity index (χ2n) is 6.09. The van der Waals surface area contributed by atoms with Crippen molar-refractivity contribution in [2.75, 3.05) is 23.7 Å². The topological polar surface area (TPSA) is 66.5 Å². The van der Waals surface area contributed by atoms with Crippen molar-refractivity contribution < 1.29 is 13.2 Å². The molecule has 0 aromatic heterocycles. The van der Waals surface area contributed by atoms with Gasteiger partial charge in [0.1, 0.15) is 0 Å². The summed E-state index contributed by atoms with van der Waals surface area (Å²) in [4.78, 5) is 12.2. The van der Waals surface area contributed by atoms with Crippen LogP contribution in [0.2, 0.25) is 0 Å². The Hall–Kier alpha value is -2.34. The lowest BCUT2D eigenvalue weighted by Gasteiger charge is -2.27. The standard InChI is InChI=1S/C20H26N2O3S/c1-4-16-12-9-13-17(5-2)19(16)22(26(3,24)25)15-14-21-20(23)18-10-7-6-8-11-18/h6-13H,4-5,14-15H2,1-3H3,(H,21,23). The zero-order chi connectivity index (χ0) is 19.2. The van der Waals surface area contributed by atoms with Gasteiger partial charge in [-0.25, -0.2) is 8.42 Å². The van der Waals surface area contributed by atoms with Crippen LogP contribution in [0.3, 0.4) is 0 Å². The number of benzene rings is 2. The van der Waals surface area contributed by atoms with Crippen molar-refractivity contribution in [2.45, 2.75) is 26.7 Å². The highest BCUT2D eigenvalue weighted by atomic mass is 32.2. The third-order valence-electron chi connectivity index (χ3n) is 4.25. The molecule has 0 aliphatic rings. The van der Waals surface area contributed by atoms with E-state index in [9.17, 15) is 13.2 Å². The van der Waals surface area contributed by atoms with Crippen LogP contribution in [0.25, 0.3) is 0 Å². The number of amides is 1. The molecule has 2 aromatic rings. The Morgan fingerprint density at radius 3 is 2.04 bits per heavy atom. The van der Waals surface area contributed by atoms with E-state index in [4.69, 9.17) is 0 Å². The van der Waals surface area contributed by atoms with Gasteiger partial charge in [-0.15, -0.1) is 0 Å². The summed E-state index contributed by atoms with van der Waals surface area (Å²) in [6.07, 6.45) is 2.69. The molecule has 6 heteroatoms. The highest BCUT2D eigenvalue weighted by Crippen LogP contribution is 2.28. The van der Waals surface area contributed by atoms with Gasteiger partial charge in [0, 0.05) is 12.1 Å². The Balaban J connectivity index is 2.21. The molecule has 1 N–H and O–H groups in total. The predicted octanol–water partition coefficient (Wildman–Crippen LogP) is 3.01. The first-order valence-corrected chi connectivity index (χ1v) is 10.6. The molecule has 140 valence electrons. The Kier molecular flexibility index (Phi) is 6.80. The number of anilines is 1. The molecular weight excluding hydrogens is 348 g/mol. The van der Waals surface area contributed by atoms with Crippen LogP contribution in [0.5, 0.6) is 0 Å². The molecule has 2 aromatic carbocycles. The summed E-state index contributed by atoms with van der Waals surface area (Å²) >= 11 is 0. The minimum Gasteiger partial charge on any atom is -0.350 e. The molecule has 0 aliphatic heterocycles. The highest BCUT2D eigenvalue weighted by Gasteiger charge is 2.22. The van der Waals surface area contributed by atoms with Gasteiger partial charge in [-0.05, 0) is 36.1 Å². The van der Waals surface area contributed by atoms with E-state index in [0.29, 0.717) is 5.56 Å². The quantitative estimate of drug-likeness (QED) is 0.772. The van der Waals surface area contributed by atoms with Crippen LogP contribution in [-0.2, 0) is 22.9 Å². The number of sulfonamides is 1. The highest BCUT2D eigenvalue weighted by molar-refractivity contribution is 7.92. The van der Waals surface area contributed by atoms with Crippen LogP contribution in [-0.4, -0.2) is 33.7 Å². The predicted molar refractivity (Wildman–Crippen MR) is 106 cm³/mol. The number of aryl methyl sites for hydroxylation is 2. The van der Waals surface area contributed by atoms with Crippen LogP contribution in [0.4, 0.5) is 5.69 Å². The lowest BCUT2D eigenvalue weighted by atomic mass is 10.0. The van der Waals surface area contributed by atoms with Crippen LogP contribution < -0.4 is 9.62 Å². The first kappa shape index (κ1) is 20.0. The van der Waals surface area contributed by atoms with E-state index in [1.807, 2.05) is 38.1 Å². The molecule has 0 fully saturated rings. The van der Waals surface area contributed by atoms with E-state index in [2.05, 4.69) is 5.32 Å². The molecule has 0 bridgehead atoms. The zero-order valence-electron chi connectivity index (χ0n) is 15.5. The summed E-state index contributed by atoms with van der Waals surface area (Å²) in [5.74, 6) is -0.210. The molecule has 2 rings (SSSR count). The molecule has 0 radical (unpaired) electrons. The Morgan fingerprint density at radius 2 is 1.54 bits per heavy atom. The molecule has 5 nitrogen and oxygen atoms in total. The lowest BCUT2D eigenvalue weighted by Crippen LogP contribution is -2.39. The van der Waals surface area contributed by atoms with Gasteiger partial charge >= 0.3 is 0 Å². The Morgan fingerprint density at radius 1 is 0.962 bits per heavy atom. The first-order chi connectivity index (χ1) is 12.4. The molecule has 0 aliphatic carbocycles.